The van der Waals surface area contributed by atoms with Crippen molar-refractivity contribution in [1.82, 2.24) is 4.90 Å². The van der Waals surface area contributed by atoms with E-state index in [-0.39, 0.29) is 23.7 Å². The highest BCUT2D eigenvalue weighted by Gasteiger charge is 2.50. The summed E-state index contributed by atoms with van der Waals surface area (Å²) in [4.78, 5) is 28.0. The van der Waals surface area contributed by atoms with Gasteiger partial charge in [0.2, 0.25) is 11.8 Å². The number of nitrogens with zero attached hydrogens (tertiary/aromatic N) is 1. The summed E-state index contributed by atoms with van der Waals surface area (Å²) >= 11 is 1.68. The van der Waals surface area contributed by atoms with Gasteiger partial charge < -0.3 is 0 Å². The highest BCUT2D eigenvalue weighted by atomic mass is 32.2. The molecule has 0 aromatic heterocycles. The monoisotopic (exact) mass is 309 g/mol. The van der Waals surface area contributed by atoms with Gasteiger partial charge in [-0.15, -0.1) is 11.8 Å². The Morgan fingerprint density at radius 1 is 0.955 bits per heavy atom. The first-order valence-corrected chi connectivity index (χ1v) is 8.35. The molecule has 0 aliphatic carbocycles. The average molecular weight is 309 g/mol. The van der Waals surface area contributed by atoms with Crippen LogP contribution in [0.5, 0.6) is 0 Å². The van der Waals surface area contributed by atoms with E-state index >= 15 is 0 Å². The van der Waals surface area contributed by atoms with E-state index in [1.165, 1.54) is 4.90 Å². The molecule has 0 unspecified atom stereocenters. The quantitative estimate of drug-likeness (QED) is 0.800. The molecule has 2 amide bonds. The van der Waals surface area contributed by atoms with Gasteiger partial charge in [-0.1, -0.05) is 48.5 Å². The van der Waals surface area contributed by atoms with E-state index in [1.807, 2.05) is 54.6 Å². The third kappa shape index (κ3) is 2.06. The molecule has 0 saturated carbocycles. The second-order valence-electron chi connectivity index (χ2n) is 5.68. The van der Waals surface area contributed by atoms with Crippen LogP contribution in [0.4, 0.5) is 0 Å². The zero-order chi connectivity index (χ0) is 15.1. The van der Waals surface area contributed by atoms with Gasteiger partial charge in [-0.25, -0.2) is 0 Å². The molecule has 1 fully saturated rings. The van der Waals surface area contributed by atoms with Gasteiger partial charge in [-0.05, 0) is 17.2 Å². The van der Waals surface area contributed by atoms with Crippen LogP contribution in [0.3, 0.4) is 0 Å². The van der Waals surface area contributed by atoms with Crippen molar-refractivity contribution in [3.63, 3.8) is 0 Å². The van der Waals surface area contributed by atoms with Crippen molar-refractivity contribution in [2.24, 2.45) is 5.92 Å². The molecule has 0 bridgehead atoms. The number of imide groups is 1. The molecular weight excluding hydrogens is 294 g/mol. The first-order chi connectivity index (χ1) is 10.8. The second-order valence-corrected chi connectivity index (χ2v) is 6.74. The van der Waals surface area contributed by atoms with Gasteiger partial charge in [0.05, 0.1) is 18.4 Å². The Labute approximate surface area is 133 Å². The number of carbonyl (C=O) groups is 2. The van der Waals surface area contributed by atoms with Crippen LogP contribution in [0.2, 0.25) is 0 Å². The fraction of sp³-hybridized carbons (Fsp3) is 0.222. The predicted molar refractivity (Wildman–Crippen MR) is 85.4 cm³/mol. The Kier molecular flexibility index (Phi) is 3.26. The third-order valence-electron chi connectivity index (χ3n) is 4.37. The zero-order valence-corrected chi connectivity index (χ0v) is 12.8. The molecule has 0 N–H and O–H groups in total. The number of benzene rings is 2. The number of hydrogen-bond acceptors (Lipinski definition) is 3. The minimum atomic E-state index is -0.298. The van der Waals surface area contributed by atoms with Crippen LogP contribution in [0.1, 0.15) is 17.0 Å². The third-order valence-corrected chi connectivity index (χ3v) is 5.58. The van der Waals surface area contributed by atoms with Gasteiger partial charge in [-0.2, -0.15) is 0 Å². The number of rotatable bonds is 2. The number of fused-ring (bicyclic) bond motifs is 3. The maximum absolute atomic E-state index is 12.8. The van der Waals surface area contributed by atoms with Crippen molar-refractivity contribution in [2.45, 2.75) is 17.4 Å². The van der Waals surface area contributed by atoms with E-state index in [2.05, 4.69) is 0 Å². The minimum Gasteiger partial charge on any atom is -0.277 e. The first kappa shape index (κ1) is 13.6. The number of carbonyl (C=O) groups excluding carboxylic acids is 2. The van der Waals surface area contributed by atoms with Gasteiger partial charge in [0.25, 0.3) is 0 Å². The smallest absolute Gasteiger partial charge is 0.237 e. The minimum absolute atomic E-state index is 0.0270. The summed E-state index contributed by atoms with van der Waals surface area (Å²) in [5, 5.41) is 0. The Bertz CT molecular complexity index is 744. The highest BCUT2D eigenvalue weighted by molar-refractivity contribution is 7.99. The summed E-state index contributed by atoms with van der Waals surface area (Å²) in [6.07, 6.45) is 0. The molecule has 1 saturated heterocycles. The molecule has 0 spiro atoms. The van der Waals surface area contributed by atoms with E-state index in [0.717, 1.165) is 16.0 Å². The van der Waals surface area contributed by atoms with Gasteiger partial charge >= 0.3 is 0 Å². The van der Waals surface area contributed by atoms with Crippen molar-refractivity contribution in [1.29, 1.82) is 0 Å². The van der Waals surface area contributed by atoms with Gasteiger partial charge in [0, 0.05) is 10.6 Å². The summed E-state index contributed by atoms with van der Waals surface area (Å²) in [7, 11) is 0. The van der Waals surface area contributed by atoms with E-state index in [1.54, 1.807) is 11.8 Å². The fourth-order valence-electron chi connectivity index (χ4n) is 3.28. The van der Waals surface area contributed by atoms with Crippen LogP contribution in [0.15, 0.2) is 59.5 Å². The lowest BCUT2D eigenvalue weighted by Crippen LogP contribution is -2.30. The molecule has 3 nitrogen and oxygen atoms in total. The molecule has 2 aliphatic heterocycles. The molecular formula is C18H15NO2S. The zero-order valence-electron chi connectivity index (χ0n) is 11.9. The summed E-state index contributed by atoms with van der Waals surface area (Å²) in [6.45, 7) is 0.373. The number of amides is 2. The molecule has 2 aliphatic rings. The Hall–Kier alpha value is -2.07. The lowest BCUT2D eigenvalue weighted by atomic mass is 9.89. The lowest BCUT2D eigenvalue weighted by molar-refractivity contribution is -0.140. The Morgan fingerprint density at radius 3 is 2.50 bits per heavy atom. The topological polar surface area (TPSA) is 37.4 Å². The summed E-state index contributed by atoms with van der Waals surface area (Å²) < 4.78 is 0. The summed E-state index contributed by atoms with van der Waals surface area (Å²) in [6, 6.07) is 17.6. The van der Waals surface area contributed by atoms with E-state index < -0.39 is 0 Å². The van der Waals surface area contributed by atoms with Crippen molar-refractivity contribution >= 4 is 23.6 Å². The Balaban J connectivity index is 1.68. The van der Waals surface area contributed by atoms with Gasteiger partial charge in [0.1, 0.15) is 0 Å². The molecule has 2 atom stereocenters. The molecule has 2 aromatic rings. The van der Waals surface area contributed by atoms with E-state index in [9.17, 15) is 9.59 Å². The van der Waals surface area contributed by atoms with Gasteiger partial charge in [0.15, 0.2) is 0 Å². The second kappa shape index (κ2) is 5.29. The SMILES string of the molecule is O=C1[C@H]2CSc3ccccc3[C@H]2C(=O)N1Cc1ccccc1. The fourth-order valence-corrected chi connectivity index (χ4v) is 4.51. The van der Waals surface area contributed by atoms with Crippen LogP contribution in [0.25, 0.3) is 0 Å². The maximum atomic E-state index is 12.8. The maximum Gasteiger partial charge on any atom is 0.237 e. The predicted octanol–water partition coefficient (Wildman–Crippen LogP) is 3.06. The summed E-state index contributed by atoms with van der Waals surface area (Å²) in [5.74, 6) is 0.106. The molecule has 22 heavy (non-hydrogen) atoms. The van der Waals surface area contributed by atoms with Gasteiger partial charge in [-0.3, -0.25) is 14.5 Å². The van der Waals surface area contributed by atoms with Crippen molar-refractivity contribution in [2.75, 3.05) is 5.75 Å². The molecule has 2 aromatic carbocycles. The average Bonchev–Trinajstić information content (AvgIpc) is 2.81. The van der Waals surface area contributed by atoms with Crippen LogP contribution in [0, 0.1) is 5.92 Å². The van der Waals surface area contributed by atoms with Crippen molar-refractivity contribution < 1.29 is 9.59 Å². The van der Waals surface area contributed by atoms with E-state index in [4.69, 9.17) is 0 Å². The van der Waals surface area contributed by atoms with E-state index in [0.29, 0.717) is 12.3 Å². The lowest BCUT2D eigenvalue weighted by Gasteiger charge is -2.23. The normalized spacial score (nSPS) is 23.4. The molecule has 110 valence electrons. The van der Waals surface area contributed by atoms with Crippen LogP contribution >= 0.6 is 11.8 Å². The van der Waals surface area contributed by atoms with Crippen LogP contribution in [-0.2, 0) is 16.1 Å². The highest BCUT2D eigenvalue weighted by Crippen LogP contribution is 2.46. The van der Waals surface area contributed by atoms with Crippen molar-refractivity contribution in [3.8, 4) is 0 Å². The summed E-state index contributed by atoms with van der Waals surface area (Å²) in [5.41, 5.74) is 2.00. The standard InChI is InChI=1S/C18H15NO2S/c20-17-14-11-22-15-9-5-4-8-13(15)16(14)18(21)19(17)10-12-6-2-1-3-7-12/h1-9,14,16H,10-11H2/t14-,16+/m0/s1. The largest absolute Gasteiger partial charge is 0.277 e. The number of likely N-dealkylation sites (tertiary alicyclic amines) is 1. The van der Waals surface area contributed by atoms with Crippen molar-refractivity contribution in [3.05, 3.63) is 65.7 Å². The molecule has 0 radical (unpaired) electrons. The first-order valence-electron chi connectivity index (χ1n) is 7.36. The molecule has 2 heterocycles. The molecule has 4 rings (SSSR count). The number of hydrogen-bond donors (Lipinski definition) is 0. The van der Waals surface area contributed by atoms with Crippen LogP contribution < -0.4 is 0 Å². The number of thioether (sulfide) groups is 1. The molecule has 4 heteroatoms. The van der Waals surface area contributed by atoms with Crippen LogP contribution in [-0.4, -0.2) is 22.5 Å². The Morgan fingerprint density at radius 2 is 1.68 bits per heavy atom.